The fourth-order valence-corrected chi connectivity index (χ4v) is 1.73. The number of nitrogens with one attached hydrogen (secondary N) is 1. The molecule has 0 saturated carbocycles. The van der Waals surface area contributed by atoms with Gasteiger partial charge in [-0.15, -0.1) is 0 Å². The Morgan fingerprint density at radius 3 is 2.24 bits per heavy atom. The summed E-state index contributed by atoms with van der Waals surface area (Å²) in [6.07, 6.45) is -0.360. The number of rotatable bonds is 5. The Bertz CT molecular complexity index is 346. The number of hydrogen-bond acceptors (Lipinski definition) is 2. The molecule has 0 aromatic heterocycles. The Kier molecular flexibility index (Phi) is 4.66. The molecule has 96 valence electrons. The average Bonchev–Trinajstić information content (AvgIpc) is 2.26. The molecule has 0 aliphatic rings. The molecule has 0 fully saturated rings. The van der Waals surface area contributed by atoms with Gasteiger partial charge in [0.15, 0.2) is 0 Å². The van der Waals surface area contributed by atoms with Crippen LogP contribution in [0, 0.1) is 5.82 Å². The zero-order valence-electron chi connectivity index (χ0n) is 11.0. The molecule has 0 spiro atoms. The predicted molar refractivity (Wildman–Crippen MR) is 68.6 cm³/mol. The second-order valence-corrected chi connectivity index (χ2v) is 5.21. The summed E-state index contributed by atoms with van der Waals surface area (Å²) in [5, 5.41) is 12.6. The summed E-state index contributed by atoms with van der Waals surface area (Å²) in [5.74, 6) is -0.214. The second kappa shape index (κ2) is 5.61. The summed E-state index contributed by atoms with van der Waals surface area (Å²) in [4.78, 5) is 0. The molecule has 0 aliphatic heterocycles. The van der Waals surface area contributed by atoms with E-state index >= 15 is 0 Å². The van der Waals surface area contributed by atoms with E-state index in [1.54, 1.807) is 6.92 Å². The average molecular weight is 239 g/mol. The van der Waals surface area contributed by atoms with E-state index < -0.39 is 0 Å². The SMILES string of the molecule is C[C@@H](O)CN[C@H](C)C(C)(C)c1ccc(F)cc1. The maximum atomic E-state index is 12.9. The minimum atomic E-state index is -0.360. The summed E-state index contributed by atoms with van der Waals surface area (Å²) in [6, 6.07) is 6.80. The molecule has 1 aromatic carbocycles. The highest BCUT2D eigenvalue weighted by Gasteiger charge is 2.27. The summed E-state index contributed by atoms with van der Waals surface area (Å²) in [5.41, 5.74) is 0.979. The van der Waals surface area contributed by atoms with Crippen LogP contribution in [0.2, 0.25) is 0 Å². The molecule has 0 heterocycles. The van der Waals surface area contributed by atoms with Gasteiger partial charge in [-0.25, -0.2) is 4.39 Å². The molecular formula is C14H22FNO. The van der Waals surface area contributed by atoms with Crippen LogP contribution in [0.3, 0.4) is 0 Å². The lowest BCUT2D eigenvalue weighted by molar-refractivity contribution is 0.180. The first-order valence-corrected chi connectivity index (χ1v) is 6.01. The van der Waals surface area contributed by atoms with Gasteiger partial charge in [0.2, 0.25) is 0 Å². The van der Waals surface area contributed by atoms with Crippen LogP contribution >= 0.6 is 0 Å². The fraction of sp³-hybridized carbons (Fsp3) is 0.571. The van der Waals surface area contributed by atoms with E-state index in [0.29, 0.717) is 6.54 Å². The Balaban J connectivity index is 2.75. The smallest absolute Gasteiger partial charge is 0.123 e. The van der Waals surface area contributed by atoms with E-state index in [1.807, 2.05) is 12.1 Å². The van der Waals surface area contributed by atoms with E-state index in [1.165, 1.54) is 12.1 Å². The first-order chi connectivity index (χ1) is 7.84. The first-order valence-electron chi connectivity index (χ1n) is 6.01. The maximum absolute atomic E-state index is 12.9. The van der Waals surface area contributed by atoms with E-state index in [-0.39, 0.29) is 23.4 Å². The minimum Gasteiger partial charge on any atom is -0.392 e. The Labute approximate surface area is 103 Å². The van der Waals surface area contributed by atoms with Gasteiger partial charge in [0.1, 0.15) is 5.82 Å². The molecule has 0 saturated heterocycles. The molecule has 2 atom stereocenters. The first kappa shape index (κ1) is 14.1. The molecule has 1 aromatic rings. The van der Waals surface area contributed by atoms with Crippen molar-refractivity contribution < 1.29 is 9.50 Å². The van der Waals surface area contributed by atoms with E-state index in [4.69, 9.17) is 0 Å². The molecule has 0 radical (unpaired) electrons. The fourth-order valence-electron chi connectivity index (χ4n) is 1.73. The van der Waals surface area contributed by atoms with E-state index in [9.17, 15) is 9.50 Å². The third kappa shape index (κ3) is 3.79. The van der Waals surface area contributed by atoms with Crippen molar-refractivity contribution >= 4 is 0 Å². The highest BCUT2D eigenvalue weighted by atomic mass is 19.1. The monoisotopic (exact) mass is 239 g/mol. The molecule has 0 aliphatic carbocycles. The lowest BCUT2D eigenvalue weighted by Gasteiger charge is -2.33. The highest BCUT2D eigenvalue weighted by molar-refractivity contribution is 5.26. The lowest BCUT2D eigenvalue weighted by Crippen LogP contribution is -2.44. The van der Waals surface area contributed by atoms with Crippen LogP contribution in [-0.2, 0) is 5.41 Å². The highest BCUT2D eigenvalue weighted by Crippen LogP contribution is 2.27. The van der Waals surface area contributed by atoms with Gasteiger partial charge in [-0.3, -0.25) is 0 Å². The van der Waals surface area contributed by atoms with Crippen molar-refractivity contribution in [3.05, 3.63) is 35.6 Å². The number of aliphatic hydroxyl groups excluding tert-OH is 1. The normalized spacial score (nSPS) is 15.6. The van der Waals surface area contributed by atoms with E-state index in [2.05, 4.69) is 26.1 Å². The van der Waals surface area contributed by atoms with Gasteiger partial charge in [0.25, 0.3) is 0 Å². The van der Waals surface area contributed by atoms with Gasteiger partial charge >= 0.3 is 0 Å². The van der Waals surface area contributed by atoms with Crippen molar-refractivity contribution in [1.29, 1.82) is 0 Å². The third-order valence-electron chi connectivity index (χ3n) is 3.39. The lowest BCUT2D eigenvalue weighted by atomic mass is 9.78. The van der Waals surface area contributed by atoms with Gasteiger partial charge in [-0.2, -0.15) is 0 Å². The molecule has 0 amide bonds. The van der Waals surface area contributed by atoms with Crippen molar-refractivity contribution in [2.24, 2.45) is 0 Å². The van der Waals surface area contributed by atoms with Gasteiger partial charge in [0, 0.05) is 18.0 Å². The summed E-state index contributed by atoms with van der Waals surface area (Å²) in [6.45, 7) is 8.61. The van der Waals surface area contributed by atoms with Crippen molar-refractivity contribution in [2.45, 2.75) is 45.3 Å². The van der Waals surface area contributed by atoms with Crippen LogP contribution in [0.25, 0.3) is 0 Å². The molecular weight excluding hydrogens is 217 g/mol. The Morgan fingerprint density at radius 2 is 1.76 bits per heavy atom. The molecule has 0 unspecified atom stereocenters. The molecule has 17 heavy (non-hydrogen) atoms. The van der Waals surface area contributed by atoms with Gasteiger partial charge < -0.3 is 10.4 Å². The summed E-state index contributed by atoms with van der Waals surface area (Å²) in [7, 11) is 0. The van der Waals surface area contributed by atoms with Crippen molar-refractivity contribution in [2.75, 3.05) is 6.54 Å². The zero-order chi connectivity index (χ0) is 13.1. The molecule has 1 rings (SSSR count). The minimum absolute atomic E-state index is 0.109. The van der Waals surface area contributed by atoms with Crippen LogP contribution in [0.1, 0.15) is 33.3 Å². The topological polar surface area (TPSA) is 32.3 Å². The quantitative estimate of drug-likeness (QED) is 0.827. The molecule has 2 nitrogen and oxygen atoms in total. The Morgan fingerprint density at radius 1 is 1.24 bits per heavy atom. The molecule has 3 heteroatoms. The van der Waals surface area contributed by atoms with Crippen molar-refractivity contribution in [3.63, 3.8) is 0 Å². The van der Waals surface area contributed by atoms with Gasteiger partial charge in [0.05, 0.1) is 6.10 Å². The molecule has 0 bridgehead atoms. The van der Waals surface area contributed by atoms with Crippen LogP contribution in [0.5, 0.6) is 0 Å². The standard InChI is InChI=1S/C14H22FNO/c1-10(17)9-16-11(2)14(3,4)12-5-7-13(15)8-6-12/h5-8,10-11,16-17H,9H2,1-4H3/t10-,11-/m1/s1. The van der Waals surface area contributed by atoms with E-state index in [0.717, 1.165) is 5.56 Å². The number of benzene rings is 1. The van der Waals surface area contributed by atoms with Gasteiger partial charge in [-0.1, -0.05) is 26.0 Å². The zero-order valence-corrected chi connectivity index (χ0v) is 11.0. The third-order valence-corrected chi connectivity index (χ3v) is 3.39. The van der Waals surface area contributed by atoms with Gasteiger partial charge in [-0.05, 0) is 31.5 Å². The summed E-state index contributed by atoms with van der Waals surface area (Å²) < 4.78 is 12.9. The van der Waals surface area contributed by atoms with Crippen molar-refractivity contribution in [1.82, 2.24) is 5.32 Å². The predicted octanol–water partition coefficient (Wildman–Crippen LogP) is 2.46. The van der Waals surface area contributed by atoms with Crippen LogP contribution in [-0.4, -0.2) is 23.8 Å². The number of aliphatic hydroxyl groups is 1. The maximum Gasteiger partial charge on any atom is 0.123 e. The largest absolute Gasteiger partial charge is 0.392 e. The summed E-state index contributed by atoms with van der Waals surface area (Å²) >= 11 is 0. The van der Waals surface area contributed by atoms with Crippen LogP contribution < -0.4 is 5.32 Å². The van der Waals surface area contributed by atoms with Crippen LogP contribution in [0.4, 0.5) is 4.39 Å². The second-order valence-electron chi connectivity index (χ2n) is 5.21. The molecule has 2 N–H and O–H groups in total. The van der Waals surface area contributed by atoms with Crippen molar-refractivity contribution in [3.8, 4) is 0 Å². The van der Waals surface area contributed by atoms with Crippen LogP contribution in [0.15, 0.2) is 24.3 Å². The Hall–Kier alpha value is -0.930. The number of hydrogen-bond donors (Lipinski definition) is 2. The number of halogens is 1.